The first-order valence-electron chi connectivity index (χ1n) is 12.0. The van der Waals surface area contributed by atoms with E-state index in [1.54, 1.807) is 6.08 Å². The topological polar surface area (TPSA) is 75.2 Å². The molecule has 0 saturated heterocycles. The van der Waals surface area contributed by atoms with Crippen LogP contribution in [-0.4, -0.2) is 27.9 Å². The average molecular weight is 467 g/mol. The van der Waals surface area contributed by atoms with E-state index in [-0.39, 0.29) is 0 Å². The lowest BCUT2D eigenvalue weighted by Gasteiger charge is -2.17. The Morgan fingerprint density at radius 1 is 0.971 bits per heavy atom. The van der Waals surface area contributed by atoms with E-state index < -0.39 is 5.97 Å². The quantitative estimate of drug-likeness (QED) is 0.147. The van der Waals surface area contributed by atoms with Crippen LogP contribution in [0.2, 0.25) is 0 Å². The maximum atomic E-state index is 10.9. The van der Waals surface area contributed by atoms with Crippen molar-refractivity contribution in [3.8, 4) is 5.75 Å². The molecule has 0 bridgehead atoms. The van der Waals surface area contributed by atoms with E-state index in [9.17, 15) is 4.79 Å². The standard InChI is InChI=1S/C30H30N2O3/c1-3-5-18-35-26-14-11-22(12-15-26)27(4-2)30(24-13-16-28-25(19-24)20-31-32-28)23-9-6-21(7-10-23)8-17-29(33)34/h6-17,19-20H,3-5,18H2,1-2H3,(H,31,32)(H,33,34)/b17-8+,30-27+. The summed E-state index contributed by atoms with van der Waals surface area (Å²) in [7, 11) is 0. The fourth-order valence-electron chi connectivity index (χ4n) is 4.15. The zero-order valence-corrected chi connectivity index (χ0v) is 20.1. The molecule has 35 heavy (non-hydrogen) atoms. The number of carboxylic acid groups (broad SMARTS) is 1. The third-order valence-corrected chi connectivity index (χ3v) is 5.97. The molecule has 4 rings (SSSR count). The normalized spacial score (nSPS) is 12.2. The number of allylic oxidation sites excluding steroid dienone is 1. The molecule has 0 atom stereocenters. The molecule has 0 spiro atoms. The van der Waals surface area contributed by atoms with E-state index in [1.165, 1.54) is 5.57 Å². The number of aromatic amines is 1. The van der Waals surface area contributed by atoms with Crippen LogP contribution in [0.15, 0.2) is 79.0 Å². The first kappa shape index (κ1) is 24.0. The van der Waals surface area contributed by atoms with Crippen LogP contribution in [0.1, 0.15) is 55.4 Å². The molecule has 0 fully saturated rings. The van der Waals surface area contributed by atoms with Crippen molar-refractivity contribution < 1.29 is 14.6 Å². The highest BCUT2D eigenvalue weighted by molar-refractivity contribution is 6.00. The second-order valence-electron chi connectivity index (χ2n) is 8.40. The Morgan fingerprint density at radius 2 is 1.69 bits per heavy atom. The summed E-state index contributed by atoms with van der Waals surface area (Å²) >= 11 is 0. The first-order valence-corrected chi connectivity index (χ1v) is 12.0. The van der Waals surface area contributed by atoms with E-state index in [1.807, 2.05) is 42.6 Å². The lowest BCUT2D eigenvalue weighted by Crippen LogP contribution is -1.98. The number of unbranched alkanes of at least 4 members (excludes halogenated alkanes) is 1. The largest absolute Gasteiger partial charge is 0.494 e. The molecule has 0 saturated carbocycles. The SMILES string of the molecule is CCCCOc1ccc(/C(CC)=C(\c2ccc(/C=C/C(=O)O)cc2)c2ccc3[nH]ncc3c2)cc1. The van der Waals surface area contributed by atoms with Crippen molar-refractivity contribution in [2.75, 3.05) is 6.61 Å². The predicted octanol–water partition coefficient (Wildman–Crippen LogP) is 7.21. The summed E-state index contributed by atoms with van der Waals surface area (Å²) in [5.41, 5.74) is 7.52. The lowest BCUT2D eigenvalue weighted by atomic mass is 9.87. The molecule has 0 unspecified atom stereocenters. The molecular weight excluding hydrogens is 436 g/mol. The number of rotatable bonds is 10. The molecule has 5 nitrogen and oxygen atoms in total. The van der Waals surface area contributed by atoms with Crippen molar-refractivity contribution in [2.45, 2.75) is 33.1 Å². The molecule has 0 radical (unpaired) electrons. The smallest absolute Gasteiger partial charge is 0.328 e. The van der Waals surface area contributed by atoms with Crippen molar-refractivity contribution in [1.29, 1.82) is 0 Å². The Kier molecular flexibility index (Phi) is 7.78. The average Bonchev–Trinajstić information content (AvgIpc) is 3.35. The Morgan fingerprint density at radius 3 is 2.37 bits per heavy atom. The number of hydrogen-bond acceptors (Lipinski definition) is 3. The molecule has 1 aromatic heterocycles. The van der Waals surface area contributed by atoms with Gasteiger partial charge in [-0.25, -0.2) is 4.79 Å². The van der Waals surface area contributed by atoms with Gasteiger partial charge in [-0.05, 0) is 76.6 Å². The Hall–Kier alpha value is -4.12. The zero-order valence-electron chi connectivity index (χ0n) is 20.1. The number of nitrogens with one attached hydrogen (secondary N) is 1. The molecule has 5 heteroatoms. The van der Waals surface area contributed by atoms with Crippen LogP contribution in [-0.2, 0) is 4.79 Å². The fourth-order valence-corrected chi connectivity index (χ4v) is 4.15. The Balaban J connectivity index is 1.79. The molecule has 3 aromatic carbocycles. The highest BCUT2D eigenvalue weighted by atomic mass is 16.5. The highest BCUT2D eigenvalue weighted by Crippen LogP contribution is 2.36. The van der Waals surface area contributed by atoms with Gasteiger partial charge in [0.2, 0.25) is 0 Å². The number of aliphatic carboxylic acids is 1. The van der Waals surface area contributed by atoms with Gasteiger partial charge in [-0.2, -0.15) is 5.10 Å². The zero-order chi connectivity index (χ0) is 24.6. The number of nitrogens with zero attached hydrogens (tertiary/aromatic N) is 1. The van der Waals surface area contributed by atoms with Gasteiger partial charge in [-0.1, -0.05) is 62.7 Å². The fraction of sp³-hybridized carbons (Fsp3) is 0.200. The van der Waals surface area contributed by atoms with Gasteiger partial charge < -0.3 is 9.84 Å². The maximum Gasteiger partial charge on any atom is 0.328 e. The van der Waals surface area contributed by atoms with Crippen LogP contribution in [0.3, 0.4) is 0 Å². The Bertz CT molecular complexity index is 1350. The molecule has 1 heterocycles. The third-order valence-electron chi connectivity index (χ3n) is 5.97. The molecule has 178 valence electrons. The summed E-state index contributed by atoms with van der Waals surface area (Å²) in [6, 6.07) is 22.7. The van der Waals surface area contributed by atoms with Gasteiger partial charge in [-0.3, -0.25) is 5.10 Å². The second kappa shape index (κ2) is 11.3. The third kappa shape index (κ3) is 5.87. The molecule has 0 aliphatic rings. The van der Waals surface area contributed by atoms with Gasteiger partial charge in [0.25, 0.3) is 0 Å². The van der Waals surface area contributed by atoms with Gasteiger partial charge in [0.05, 0.1) is 18.3 Å². The molecule has 0 aliphatic heterocycles. The van der Waals surface area contributed by atoms with E-state index in [4.69, 9.17) is 9.84 Å². The number of H-pyrrole nitrogens is 1. The van der Waals surface area contributed by atoms with Crippen molar-refractivity contribution in [1.82, 2.24) is 10.2 Å². The second-order valence-corrected chi connectivity index (χ2v) is 8.40. The number of carbonyl (C=O) groups is 1. The monoisotopic (exact) mass is 466 g/mol. The summed E-state index contributed by atoms with van der Waals surface area (Å²) in [6.45, 7) is 5.05. The molecule has 0 aliphatic carbocycles. The number of benzene rings is 3. The number of ether oxygens (including phenoxy) is 1. The van der Waals surface area contributed by atoms with Gasteiger partial charge in [-0.15, -0.1) is 0 Å². The van der Waals surface area contributed by atoms with Crippen molar-refractivity contribution in [3.05, 3.63) is 101 Å². The van der Waals surface area contributed by atoms with Gasteiger partial charge in [0, 0.05) is 11.5 Å². The van der Waals surface area contributed by atoms with Gasteiger partial charge in [0.15, 0.2) is 0 Å². The number of fused-ring (bicyclic) bond motifs is 1. The Labute approximate surface area is 205 Å². The molecule has 4 aromatic rings. The predicted molar refractivity (Wildman–Crippen MR) is 142 cm³/mol. The van der Waals surface area contributed by atoms with Crippen LogP contribution in [0.4, 0.5) is 0 Å². The minimum Gasteiger partial charge on any atom is -0.494 e. The maximum absolute atomic E-state index is 10.9. The van der Waals surface area contributed by atoms with Gasteiger partial charge in [0.1, 0.15) is 5.75 Å². The number of carboxylic acids is 1. The van der Waals surface area contributed by atoms with Crippen molar-refractivity contribution in [3.63, 3.8) is 0 Å². The van der Waals surface area contributed by atoms with E-state index in [2.05, 4.69) is 54.4 Å². The van der Waals surface area contributed by atoms with E-state index in [0.29, 0.717) is 0 Å². The summed E-state index contributed by atoms with van der Waals surface area (Å²) in [5.74, 6) is -0.0768. The summed E-state index contributed by atoms with van der Waals surface area (Å²) in [6.07, 6.45) is 7.58. The van der Waals surface area contributed by atoms with Crippen LogP contribution < -0.4 is 4.74 Å². The van der Waals surface area contributed by atoms with Crippen LogP contribution in [0.5, 0.6) is 5.75 Å². The summed E-state index contributed by atoms with van der Waals surface area (Å²) in [4.78, 5) is 10.9. The van der Waals surface area contributed by atoms with Gasteiger partial charge >= 0.3 is 5.97 Å². The summed E-state index contributed by atoms with van der Waals surface area (Å²) in [5, 5.41) is 17.2. The minimum atomic E-state index is -0.960. The molecule has 2 N–H and O–H groups in total. The number of hydrogen-bond donors (Lipinski definition) is 2. The summed E-state index contributed by atoms with van der Waals surface area (Å²) < 4.78 is 5.86. The van der Waals surface area contributed by atoms with Crippen LogP contribution >= 0.6 is 0 Å². The molecule has 0 amide bonds. The highest BCUT2D eigenvalue weighted by Gasteiger charge is 2.14. The van der Waals surface area contributed by atoms with Crippen LogP contribution in [0, 0.1) is 0 Å². The van der Waals surface area contributed by atoms with E-state index >= 15 is 0 Å². The van der Waals surface area contributed by atoms with Crippen molar-refractivity contribution in [2.24, 2.45) is 0 Å². The molecular formula is C30H30N2O3. The van der Waals surface area contributed by atoms with Crippen molar-refractivity contribution >= 4 is 34.1 Å². The van der Waals surface area contributed by atoms with E-state index in [0.717, 1.165) is 76.4 Å². The first-order chi connectivity index (χ1) is 17.1. The number of aromatic nitrogens is 2. The lowest BCUT2D eigenvalue weighted by molar-refractivity contribution is -0.131. The minimum absolute atomic E-state index is 0.727. The van der Waals surface area contributed by atoms with Crippen LogP contribution in [0.25, 0.3) is 28.1 Å².